The lowest BCUT2D eigenvalue weighted by Gasteiger charge is -2.19. The van der Waals surface area contributed by atoms with E-state index in [1.165, 1.54) is 11.8 Å². The van der Waals surface area contributed by atoms with Crippen LogP contribution in [0.3, 0.4) is 0 Å². The third-order valence-electron chi connectivity index (χ3n) is 2.91. The molecule has 2 rings (SSSR count). The molecule has 98 valence electrons. The van der Waals surface area contributed by atoms with Gasteiger partial charge < -0.3 is 10.0 Å². The van der Waals surface area contributed by atoms with Crippen LogP contribution in [0.1, 0.15) is 21.6 Å². The van der Waals surface area contributed by atoms with Crippen molar-refractivity contribution in [3.05, 3.63) is 59.4 Å². The van der Waals surface area contributed by atoms with Gasteiger partial charge in [-0.2, -0.15) is 0 Å². The van der Waals surface area contributed by atoms with Gasteiger partial charge in [-0.3, -0.25) is 4.98 Å². The molecule has 0 bridgehead atoms. The second-order valence-electron chi connectivity index (χ2n) is 4.54. The average molecular weight is 256 g/mol. The second kappa shape index (κ2) is 5.52. The number of hydrogen-bond acceptors (Lipinski definition) is 3. The van der Waals surface area contributed by atoms with Gasteiger partial charge in [-0.1, -0.05) is 12.1 Å². The summed E-state index contributed by atoms with van der Waals surface area (Å²) in [4.78, 5) is 17.0. The molecule has 1 aromatic carbocycles. The number of pyridine rings is 1. The summed E-state index contributed by atoms with van der Waals surface area (Å²) in [7, 11) is 1.99. The van der Waals surface area contributed by atoms with Crippen LogP contribution in [-0.2, 0) is 6.54 Å². The van der Waals surface area contributed by atoms with E-state index < -0.39 is 5.97 Å². The first kappa shape index (κ1) is 13.1. The monoisotopic (exact) mass is 256 g/mol. The summed E-state index contributed by atoms with van der Waals surface area (Å²) in [5, 5.41) is 8.82. The summed E-state index contributed by atoms with van der Waals surface area (Å²) in [5.41, 5.74) is 3.37. The van der Waals surface area contributed by atoms with Crippen molar-refractivity contribution in [1.29, 1.82) is 0 Å². The third kappa shape index (κ3) is 3.31. The Labute approximate surface area is 112 Å². The molecule has 0 aliphatic carbocycles. The molecule has 0 atom stereocenters. The molecule has 0 aliphatic rings. The molecule has 1 N–H and O–H groups in total. The highest BCUT2D eigenvalue weighted by atomic mass is 16.4. The first-order valence-electron chi connectivity index (χ1n) is 6.02. The van der Waals surface area contributed by atoms with Crippen molar-refractivity contribution in [1.82, 2.24) is 4.98 Å². The molecule has 4 heteroatoms. The standard InChI is InChI=1S/C15H16N2O2/c1-11-4-3-5-14(8-11)17(2)10-13-7-6-12(9-16-13)15(18)19/h3-9H,10H2,1-2H3,(H,18,19). The number of anilines is 1. The van der Waals surface area contributed by atoms with Gasteiger partial charge in [0, 0.05) is 18.9 Å². The summed E-state index contributed by atoms with van der Waals surface area (Å²) >= 11 is 0. The number of hydrogen-bond donors (Lipinski definition) is 1. The number of benzene rings is 1. The number of aromatic nitrogens is 1. The molecular formula is C15H16N2O2. The number of carbonyl (C=O) groups is 1. The summed E-state index contributed by atoms with van der Waals surface area (Å²) in [6.07, 6.45) is 1.39. The molecule has 0 radical (unpaired) electrons. The van der Waals surface area contributed by atoms with Gasteiger partial charge in [0.25, 0.3) is 0 Å². The summed E-state index contributed by atoms with van der Waals surface area (Å²) in [5.74, 6) is -0.953. The van der Waals surface area contributed by atoms with E-state index in [4.69, 9.17) is 5.11 Å². The summed E-state index contributed by atoms with van der Waals surface area (Å²) < 4.78 is 0. The quantitative estimate of drug-likeness (QED) is 0.913. The molecule has 19 heavy (non-hydrogen) atoms. The lowest BCUT2D eigenvalue weighted by molar-refractivity contribution is 0.0696. The van der Waals surface area contributed by atoms with Crippen molar-refractivity contribution in [3.8, 4) is 0 Å². The van der Waals surface area contributed by atoms with Crippen LogP contribution in [-0.4, -0.2) is 23.1 Å². The fourth-order valence-electron chi connectivity index (χ4n) is 1.84. The Morgan fingerprint density at radius 2 is 2.11 bits per heavy atom. The molecule has 1 aromatic heterocycles. The smallest absolute Gasteiger partial charge is 0.337 e. The second-order valence-corrected chi connectivity index (χ2v) is 4.54. The largest absolute Gasteiger partial charge is 0.478 e. The number of carboxylic acid groups (broad SMARTS) is 1. The molecule has 1 heterocycles. The Kier molecular flexibility index (Phi) is 3.80. The van der Waals surface area contributed by atoms with Gasteiger partial charge in [-0.05, 0) is 36.8 Å². The van der Waals surface area contributed by atoms with E-state index in [9.17, 15) is 4.79 Å². The fourth-order valence-corrected chi connectivity index (χ4v) is 1.84. The van der Waals surface area contributed by atoms with Crippen LogP contribution in [0, 0.1) is 6.92 Å². The van der Waals surface area contributed by atoms with Crippen LogP contribution in [0.25, 0.3) is 0 Å². The van der Waals surface area contributed by atoms with E-state index in [0.29, 0.717) is 6.54 Å². The number of aryl methyl sites for hydroxylation is 1. The Balaban J connectivity index is 2.10. The predicted molar refractivity (Wildman–Crippen MR) is 74.5 cm³/mol. The normalized spacial score (nSPS) is 10.2. The maximum absolute atomic E-state index is 10.7. The van der Waals surface area contributed by atoms with E-state index in [1.807, 2.05) is 19.2 Å². The molecule has 4 nitrogen and oxygen atoms in total. The molecule has 2 aromatic rings. The molecule has 0 amide bonds. The Hall–Kier alpha value is -2.36. The Bertz CT molecular complexity index is 579. The summed E-state index contributed by atoms with van der Waals surface area (Å²) in [6.45, 7) is 2.70. The highest BCUT2D eigenvalue weighted by molar-refractivity contribution is 5.87. The molecule has 0 spiro atoms. The van der Waals surface area contributed by atoms with E-state index in [1.54, 1.807) is 12.1 Å². The van der Waals surface area contributed by atoms with Crippen molar-refractivity contribution in [3.63, 3.8) is 0 Å². The van der Waals surface area contributed by atoms with Gasteiger partial charge in [-0.15, -0.1) is 0 Å². The number of rotatable bonds is 4. The maximum atomic E-state index is 10.7. The van der Waals surface area contributed by atoms with Gasteiger partial charge in [0.1, 0.15) is 0 Å². The van der Waals surface area contributed by atoms with Crippen LogP contribution in [0.5, 0.6) is 0 Å². The van der Waals surface area contributed by atoms with Gasteiger partial charge >= 0.3 is 5.97 Å². The lowest BCUT2D eigenvalue weighted by Crippen LogP contribution is -2.17. The SMILES string of the molecule is Cc1cccc(N(C)Cc2ccc(C(=O)O)cn2)c1. The number of aromatic carboxylic acids is 1. The van der Waals surface area contributed by atoms with Crippen molar-refractivity contribution in [2.24, 2.45) is 0 Å². The molecule has 0 saturated heterocycles. The van der Waals surface area contributed by atoms with Gasteiger partial charge in [0.15, 0.2) is 0 Å². The lowest BCUT2D eigenvalue weighted by atomic mass is 10.2. The maximum Gasteiger partial charge on any atom is 0.337 e. The van der Waals surface area contributed by atoms with E-state index in [0.717, 1.165) is 11.4 Å². The number of carboxylic acids is 1. The van der Waals surface area contributed by atoms with Crippen LogP contribution >= 0.6 is 0 Å². The third-order valence-corrected chi connectivity index (χ3v) is 2.91. The van der Waals surface area contributed by atoms with Crippen LogP contribution < -0.4 is 4.90 Å². The van der Waals surface area contributed by atoms with E-state index in [2.05, 4.69) is 28.9 Å². The van der Waals surface area contributed by atoms with Gasteiger partial charge in [0.2, 0.25) is 0 Å². The van der Waals surface area contributed by atoms with Gasteiger partial charge in [0.05, 0.1) is 17.8 Å². The Morgan fingerprint density at radius 1 is 1.32 bits per heavy atom. The fraction of sp³-hybridized carbons (Fsp3) is 0.200. The topological polar surface area (TPSA) is 53.4 Å². The molecular weight excluding hydrogens is 240 g/mol. The minimum atomic E-state index is -0.953. The first-order valence-corrected chi connectivity index (χ1v) is 6.02. The zero-order valence-electron chi connectivity index (χ0n) is 11.0. The van der Waals surface area contributed by atoms with Gasteiger partial charge in [-0.25, -0.2) is 4.79 Å². The highest BCUT2D eigenvalue weighted by Crippen LogP contribution is 2.16. The minimum Gasteiger partial charge on any atom is -0.478 e. The molecule has 0 aliphatic heterocycles. The van der Waals surface area contributed by atoms with Crippen molar-refractivity contribution < 1.29 is 9.90 Å². The van der Waals surface area contributed by atoms with Crippen LogP contribution in [0.2, 0.25) is 0 Å². The van der Waals surface area contributed by atoms with E-state index in [-0.39, 0.29) is 5.56 Å². The average Bonchev–Trinajstić information content (AvgIpc) is 2.39. The first-order chi connectivity index (χ1) is 9.06. The van der Waals surface area contributed by atoms with Crippen molar-refractivity contribution in [2.45, 2.75) is 13.5 Å². The zero-order chi connectivity index (χ0) is 13.8. The summed E-state index contributed by atoms with van der Waals surface area (Å²) in [6, 6.07) is 11.5. The molecule has 0 saturated carbocycles. The van der Waals surface area contributed by atoms with E-state index >= 15 is 0 Å². The van der Waals surface area contributed by atoms with Crippen molar-refractivity contribution >= 4 is 11.7 Å². The van der Waals surface area contributed by atoms with Crippen molar-refractivity contribution in [2.75, 3.05) is 11.9 Å². The molecule has 0 fully saturated rings. The van der Waals surface area contributed by atoms with Crippen LogP contribution in [0.4, 0.5) is 5.69 Å². The minimum absolute atomic E-state index is 0.210. The number of nitrogens with zero attached hydrogens (tertiary/aromatic N) is 2. The van der Waals surface area contributed by atoms with Crippen LogP contribution in [0.15, 0.2) is 42.6 Å². The molecule has 0 unspecified atom stereocenters. The zero-order valence-corrected chi connectivity index (χ0v) is 11.0. The highest BCUT2D eigenvalue weighted by Gasteiger charge is 2.06. The predicted octanol–water partition coefficient (Wildman–Crippen LogP) is 2.72. The Morgan fingerprint density at radius 3 is 2.68 bits per heavy atom.